The molecule has 0 amide bonds. The van der Waals surface area contributed by atoms with Gasteiger partial charge in [-0.2, -0.15) is 0 Å². The maximum atomic E-state index is 4.28. The molecule has 1 saturated carbocycles. The number of nitrogens with one attached hydrogen (secondary N) is 1. The topological polar surface area (TPSA) is 42.2 Å². The summed E-state index contributed by atoms with van der Waals surface area (Å²) in [6, 6.07) is 6.78. The van der Waals surface area contributed by atoms with Gasteiger partial charge >= 0.3 is 0 Å². The van der Waals surface area contributed by atoms with Gasteiger partial charge in [0.15, 0.2) is 11.5 Å². The van der Waals surface area contributed by atoms with Gasteiger partial charge in [-0.3, -0.25) is 4.40 Å². The molecule has 0 radical (unpaired) electrons. The normalized spacial score (nSPS) is 19.4. The van der Waals surface area contributed by atoms with Gasteiger partial charge in [0, 0.05) is 12.2 Å². The zero-order chi connectivity index (χ0) is 11.8. The Kier molecular flexibility index (Phi) is 2.59. The van der Waals surface area contributed by atoms with Crippen LogP contribution in [-0.4, -0.2) is 20.6 Å². The van der Waals surface area contributed by atoms with Crippen LogP contribution in [0.3, 0.4) is 0 Å². The number of pyridine rings is 1. The first kappa shape index (κ1) is 10.7. The van der Waals surface area contributed by atoms with E-state index in [4.69, 9.17) is 0 Å². The summed E-state index contributed by atoms with van der Waals surface area (Å²) < 4.78 is 2.05. The molecule has 90 valence electrons. The largest absolute Gasteiger partial charge is 0.305 e. The predicted molar refractivity (Wildman–Crippen MR) is 66.7 cm³/mol. The van der Waals surface area contributed by atoms with Crippen LogP contribution in [0.5, 0.6) is 0 Å². The Hall–Kier alpha value is -1.42. The molecule has 0 unspecified atom stereocenters. The van der Waals surface area contributed by atoms with Crippen molar-refractivity contribution < 1.29 is 0 Å². The van der Waals surface area contributed by atoms with E-state index in [9.17, 15) is 0 Å². The van der Waals surface area contributed by atoms with Crippen LogP contribution in [0.2, 0.25) is 0 Å². The maximum absolute atomic E-state index is 4.28. The highest BCUT2D eigenvalue weighted by Crippen LogP contribution is 2.33. The molecular weight excluding hydrogens is 212 g/mol. The summed E-state index contributed by atoms with van der Waals surface area (Å²) in [5.41, 5.74) is 0.912. The van der Waals surface area contributed by atoms with Gasteiger partial charge in [0.1, 0.15) is 0 Å². The van der Waals surface area contributed by atoms with E-state index in [0.717, 1.165) is 17.4 Å². The molecule has 0 bridgehead atoms. The van der Waals surface area contributed by atoms with Crippen LogP contribution in [0.4, 0.5) is 0 Å². The van der Waals surface area contributed by atoms with Gasteiger partial charge in [-0.25, -0.2) is 0 Å². The van der Waals surface area contributed by atoms with Crippen LogP contribution in [0, 0.1) is 5.92 Å². The SMILES string of the molecule is C[C@@H](N[C@H](C)C1CC1)c1nnc2ccccn12. The lowest BCUT2D eigenvalue weighted by molar-refractivity contribution is 0.427. The van der Waals surface area contributed by atoms with Gasteiger partial charge < -0.3 is 5.32 Å². The van der Waals surface area contributed by atoms with Crippen LogP contribution >= 0.6 is 0 Å². The first-order valence-electron chi connectivity index (χ1n) is 6.31. The number of fused-ring (bicyclic) bond motifs is 1. The van der Waals surface area contributed by atoms with Crippen molar-refractivity contribution in [3.63, 3.8) is 0 Å². The van der Waals surface area contributed by atoms with Crippen LogP contribution in [0.25, 0.3) is 5.65 Å². The first-order valence-corrected chi connectivity index (χ1v) is 6.31. The van der Waals surface area contributed by atoms with Crippen LogP contribution < -0.4 is 5.32 Å². The number of hydrogen-bond donors (Lipinski definition) is 1. The Morgan fingerprint density at radius 2 is 2.12 bits per heavy atom. The molecule has 3 rings (SSSR count). The van der Waals surface area contributed by atoms with Crippen molar-refractivity contribution >= 4 is 5.65 Å². The van der Waals surface area contributed by atoms with Crippen LogP contribution in [-0.2, 0) is 0 Å². The molecule has 2 aromatic rings. The van der Waals surface area contributed by atoms with E-state index < -0.39 is 0 Å². The molecule has 0 aliphatic heterocycles. The van der Waals surface area contributed by atoms with E-state index in [-0.39, 0.29) is 6.04 Å². The molecule has 0 spiro atoms. The second kappa shape index (κ2) is 4.11. The van der Waals surface area contributed by atoms with Crippen molar-refractivity contribution in [2.45, 2.75) is 38.8 Å². The second-order valence-corrected chi connectivity index (χ2v) is 5.00. The molecule has 2 aromatic heterocycles. The molecule has 1 fully saturated rings. The number of rotatable bonds is 4. The summed E-state index contributed by atoms with van der Waals surface area (Å²) in [6.07, 6.45) is 4.74. The molecule has 2 heterocycles. The molecule has 17 heavy (non-hydrogen) atoms. The average molecular weight is 230 g/mol. The van der Waals surface area contributed by atoms with Crippen molar-refractivity contribution in [1.29, 1.82) is 0 Å². The summed E-state index contributed by atoms with van der Waals surface area (Å²) in [5, 5.41) is 12.1. The van der Waals surface area contributed by atoms with Crippen LogP contribution in [0.1, 0.15) is 38.6 Å². The van der Waals surface area contributed by atoms with Crippen molar-refractivity contribution in [2.75, 3.05) is 0 Å². The molecule has 4 nitrogen and oxygen atoms in total. The summed E-state index contributed by atoms with van der Waals surface area (Å²) in [5.74, 6) is 1.85. The molecule has 1 aliphatic rings. The lowest BCUT2D eigenvalue weighted by atomic mass is 10.2. The van der Waals surface area contributed by atoms with Crippen molar-refractivity contribution in [3.8, 4) is 0 Å². The Balaban J connectivity index is 1.82. The zero-order valence-electron chi connectivity index (χ0n) is 10.3. The maximum Gasteiger partial charge on any atom is 0.160 e. The molecular formula is C13H18N4. The molecule has 1 N–H and O–H groups in total. The minimum Gasteiger partial charge on any atom is -0.305 e. The van der Waals surface area contributed by atoms with Crippen molar-refractivity contribution in [2.24, 2.45) is 5.92 Å². The Morgan fingerprint density at radius 3 is 2.88 bits per heavy atom. The lowest BCUT2D eigenvalue weighted by Gasteiger charge is -2.18. The van der Waals surface area contributed by atoms with E-state index in [2.05, 4.69) is 33.8 Å². The standard InChI is InChI=1S/C13H18N4/c1-9(11-6-7-11)14-10(2)13-16-15-12-5-3-4-8-17(12)13/h3-5,8-11,14H,6-7H2,1-2H3/t9-,10-/m1/s1. The summed E-state index contributed by atoms with van der Waals surface area (Å²) in [4.78, 5) is 0. The van der Waals surface area contributed by atoms with Crippen molar-refractivity contribution in [1.82, 2.24) is 19.9 Å². The number of hydrogen-bond acceptors (Lipinski definition) is 3. The van der Waals surface area contributed by atoms with E-state index >= 15 is 0 Å². The van der Waals surface area contributed by atoms with E-state index in [0.29, 0.717) is 6.04 Å². The highest BCUT2D eigenvalue weighted by atomic mass is 15.3. The first-order chi connectivity index (χ1) is 8.25. The summed E-state index contributed by atoms with van der Waals surface area (Å²) >= 11 is 0. The minimum absolute atomic E-state index is 0.239. The van der Waals surface area contributed by atoms with Gasteiger partial charge in [0.05, 0.1) is 6.04 Å². The predicted octanol–water partition coefficient (Wildman–Crippen LogP) is 2.18. The Bertz CT molecular complexity index is 515. The smallest absolute Gasteiger partial charge is 0.160 e. The van der Waals surface area contributed by atoms with Gasteiger partial charge in [-0.05, 0) is 44.7 Å². The average Bonchev–Trinajstić information content (AvgIpc) is 3.09. The fourth-order valence-corrected chi connectivity index (χ4v) is 2.36. The molecule has 4 heteroatoms. The molecule has 1 aliphatic carbocycles. The fraction of sp³-hybridized carbons (Fsp3) is 0.538. The summed E-state index contributed by atoms with van der Waals surface area (Å²) in [7, 11) is 0. The van der Waals surface area contributed by atoms with E-state index in [1.165, 1.54) is 12.8 Å². The quantitative estimate of drug-likeness (QED) is 0.875. The zero-order valence-corrected chi connectivity index (χ0v) is 10.3. The summed E-state index contributed by atoms with van der Waals surface area (Å²) in [6.45, 7) is 4.42. The highest BCUT2D eigenvalue weighted by Gasteiger charge is 2.29. The molecule has 0 aromatic carbocycles. The Morgan fingerprint density at radius 1 is 1.29 bits per heavy atom. The number of aromatic nitrogens is 3. The van der Waals surface area contributed by atoms with E-state index in [1.807, 2.05) is 24.4 Å². The van der Waals surface area contributed by atoms with E-state index in [1.54, 1.807) is 0 Å². The lowest BCUT2D eigenvalue weighted by Crippen LogP contribution is -2.31. The third kappa shape index (κ3) is 2.05. The molecule has 2 atom stereocenters. The third-order valence-corrected chi connectivity index (χ3v) is 3.57. The fourth-order valence-electron chi connectivity index (χ4n) is 2.36. The van der Waals surface area contributed by atoms with Crippen LogP contribution in [0.15, 0.2) is 24.4 Å². The monoisotopic (exact) mass is 230 g/mol. The molecule has 0 saturated heterocycles. The minimum atomic E-state index is 0.239. The third-order valence-electron chi connectivity index (χ3n) is 3.57. The van der Waals surface area contributed by atoms with Crippen molar-refractivity contribution in [3.05, 3.63) is 30.2 Å². The van der Waals surface area contributed by atoms with Gasteiger partial charge in [0.2, 0.25) is 0 Å². The number of nitrogens with zero attached hydrogens (tertiary/aromatic N) is 3. The highest BCUT2D eigenvalue weighted by molar-refractivity contribution is 5.37. The van der Waals surface area contributed by atoms with Gasteiger partial charge in [-0.1, -0.05) is 6.07 Å². The second-order valence-electron chi connectivity index (χ2n) is 5.00. The van der Waals surface area contributed by atoms with Gasteiger partial charge in [0.25, 0.3) is 0 Å². The Labute approximate surface area is 101 Å². The van der Waals surface area contributed by atoms with Gasteiger partial charge in [-0.15, -0.1) is 10.2 Å².